The summed E-state index contributed by atoms with van der Waals surface area (Å²) in [5.41, 5.74) is 1.21. The summed E-state index contributed by atoms with van der Waals surface area (Å²) < 4.78 is 5.38. The summed E-state index contributed by atoms with van der Waals surface area (Å²) in [6.45, 7) is 1.69. The number of nitrogens with zero attached hydrogens (tertiary/aromatic N) is 3. The Morgan fingerprint density at radius 3 is 2.48 bits per heavy atom. The molecule has 0 unspecified atom stereocenters. The van der Waals surface area contributed by atoms with Crippen LogP contribution in [0.15, 0.2) is 42.5 Å². The highest BCUT2D eigenvalue weighted by atomic mass is 16.6. The first kappa shape index (κ1) is 15.4. The van der Waals surface area contributed by atoms with Gasteiger partial charge in [0.15, 0.2) is 5.69 Å². The molecule has 0 amide bonds. The molecule has 6 nitrogen and oxygen atoms in total. The summed E-state index contributed by atoms with van der Waals surface area (Å²) in [7, 11) is 1.73. The topological polar surface area (TPSA) is 68.5 Å². The minimum Gasteiger partial charge on any atom is -0.381 e. The Labute approximate surface area is 134 Å². The molecule has 1 aromatic heterocycles. The number of nitro groups is 1. The molecule has 0 saturated carbocycles. The molecule has 1 aromatic carbocycles. The molecule has 1 aliphatic heterocycles. The number of pyridine rings is 1. The van der Waals surface area contributed by atoms with E-state index in [1.807, 2.05) is 30.3 Å². The van der Waals surface area contributed by atoms with Crippen LogP contribution in [0.4, 0.5) is 11.5 Å². The first-order valence-corrected chi connectivity index (χ1v) is 7.67. The summed E-state index contributed by atoms with van der Waals surface area (Å²) in [6, 6.07) is 12.6. The van der Waals surface area contributed by atoms with E-state index in [4.69, 9.17) is 4.74 Å². The van der Waals surface area contributed by atoms with Crippen LogP contribution >= 0.6 is 0 Å². The fourth-order valence-electron chi connectivity index (χ4n) is 2.89. The SMILES string of the molecule is COC1CCN(c2ccc([N+](=O)[O-])c(-c3ccccc3)n2)CC1. The van der Waals surface area contributed by atoms with E-state index in [9.17, 15) is 10.1 Å². The number of benzene rings is 1. The van der Waals surface area contributed by atoms with Crippen LogP contribution in [0.25, 0.3) is 11.3 Å². The van der Waals surface area contributed by atoms with Crippen LogP contribution in [0.5, 0.6) is 0 Å². The zero-order valence-electron chi connectivity index (χ0n) is 13.0. The minimum atomic E-state index is -0.379. The van der Waals surface area contributed by atoms with E-state index in [0.29, 0.717) is 5.69 Å². The van der Waals surface area contributed by atoms with Crippen molar-refractivity contribution in [3.63, 3.8) is 0 Å². The van der Waals surface area contributed by atoms with Gasteiger partial charge in [-0.15, -0.1) is 0 Å². The summed E-state index contributed by atoms with van der Waals surface area (Å²) in [5, 5.41) is 11.3. The highest BCUT2D eigenvalue weighted by molar-refractivity contribution is 5.71. The monoisotopic (exact) mass is 313 g/mol. The molecule has 2 aromatic rings. The van der Waals surface area contributed by atoms with Gasteiger partial charge >= 0.3 is 0 Å². The Hall–Kier alpha value is -2.47. The third-order valence-corrected chi connectivity index (χ3v) is 4.20. The van der Waals surface area contributed by atoms with E-state index in [-0.39, 0.29) is 16.7 Å². The average molecular weight is 313 g/mol. The third kappa shape index (κ3) is 3.32. The zero-order chi connectivity index (χ0) is 16.2. The molecule has 0 N–H and O–H groups in total. The van der Waals surface area contributed by atoms with E-state index in [1.54, 1.807) is 19.2 Å². The number of ether oxygens (including phenoxy) is 1. The van der Waals surface area contributed by atoms with Crippen molar-refractivity contribution in [1.82, 2.24) is 4.98 Å². The van der Waals surface area contributed by atoms with E-state index < -0.39 is 0 Å². The zero-order valence-corrected chi connectivity index (χ0v) is 13.0. The van der Waals surface area contributed by atoms with Gasteiger partial charge in [-0.3, -0.25) is 10.1 Å². The standard InChI is InChI=1S/C17H19N3O3/c1-23-14-9-11-19(12-10-14)16-8-7-15(20(21)22)17(18-16)13-5-3-2-4-6-13/h2-8,14H,9-12H2,1H3. The number of aromatic nitrogens is 1. The second kappa shape index (κ2) is 6.75. The molecular formula is C17H19N3O3. The summed E-state index contributed by atoms with van der Waals surface area (Å²) in [5.74, 6) is 0.781. The van der Waals surface area contributed by atoms with E-state index in [2.05, 4.69) is 9.88 Å². The summed E-state index contributed by atoms with van der Waals surface area (Å²) >= 11 is 0. The number of hydrogen-bond acceptors (Lipinski definition) is 5. The maximum Gasteiger partial charge on any atom is 0.295 e. The van der Waals surface area contributed by atoms with Gasteiger partial charge in [-0.1, -0.05) is 30.3 Å². The van der Waals surface area contributed by atoms with Crippen LogP contribution in [-0.2, 0) is 4.74 Å². The van der Waals surface area contributed by atoms with Crippen molar-refractivity contribution in [3.05, 3.63) is 52.6 Å². The van der Waals surface area contributed by atoms with Crippen LogP contribution in [0.3, 0.4) is 0 Å². The average Bonchev–Trinajstić information content (AvgIpc) is 2.62. The summed E-state index contributed by atoms with van der Waals surface area (Å²) in [6.07, 6.45) is 2.17. The van der Waals surface area contributed by atoms with Crippen molar-refractivity contribution < 1.29 is 9.66 Å². The van der Waals surface area contributed by atoms with Crippen LogP contribution in [0.2, 0.25) is 0 Å². The first-order chi connectivity index (χ1) is 11.2. The lowest BCUT2D eigenvalue weighted by Gasteiger charge is -2.32. The Balaban J connectivity index is 1.93. The highest BCUT2D eigenvalue weighted by Gasteiger charge is 2.23. The Morgan fingerprint density at radius 2 is 1.87 bits per heavy atom. The Morgan fingerprint density at radius 1 is 1.17 bits per heavy atom. The van der Waals surface area contributed by atoms with Crippen LogP contribution < -0.4 is 4.90 Å². The van der Waals surface area contributed by atoms with Crippen LogP contribution in [0, 0.1) is 10.1 Å². The van der Waals surface area contributed by atoms with Crippen molar-refractivity contribution in [2.75, 3.05) is 25.1 Å². The number of anilines is 1. The van der Waals surface area contributed by atoms with Gasteiger partial charge in [0, 0.05) is 31.8 Å². The van der Waals surface area contributed by atoms with Gasteiger partial charge in [-0.05, 0) is 18.9 Å². The molecule has 1 aliphatic rings. The second-order valence-electron chi connectivity index (χ2n) is 5.58. The quantitative estimate of drug-likeness (QED) is 0.640. The molecule has 0 spiro atoms. The summed E-state index contributed by atoms with van der Waals surface area (Å²) in [4.78, 5) is 17.7. The fraction of sp³-hybridized carbons (Fsp3) is 0.353. The lowest BCUT2D eigenvalue weighted by molar-refractivity contribution is -0.384. The van der Waals surface area contributed by atoms with Gasteiger partial charge in [0.2, 0.25) is 0 Å². The van der Waals surface area contributed by atoms with E-state index in [0.717, 1.165) is 37.3 Å². The molecule has 6 heteroatoms. The van der Waals surface area contributed by atoms with Gasteiger partial charge < -0.3 is 9.64 Å². The first-order valence-electron chi connectivity index (χ1n) is 7.67. The predicted octanol–water partition coefficient (Wildman–Crippen LogP) is 3.27. The van der Waals surface area contributed by atoms with Crippen molar-refractivity contribution >= 4 is 11.5 Å². The van der Waals surface area contributed by atoms with Crippen molar-refractivity contribution in [1.29, 1.82) is 0 Å². The van der Waals surface area contributed by atoms with Gasteiger partial charge in [0.1, 0.15) is 5.82 Å². The molecule has 0 bridgehead atoms. The van der Waals surface area contributed by atoms with E-state index in [1.165, 1.54) is 0 Å². The third-order valence-electron chi connectivity index (χ3n) is 4.20. The maximum absolute atomic E-state index is 11.3. The predicted molar refractivity (Wildman–Crippen MR) is 88.6 cm³/mol. The Kier molecular flexibility index (Phi) is 4.52. The van der Waals surface area contributed by atoms with Gasteiger partial charge in [-0.2, -0.15) is 0 Å². The lowest BCUT2D eigenvalue weighted by Crippen LogP contribution is -2.37. The van der Waals surface area contributed by atoms with Crippen molar-refractivity contribution in [2.24, 2.45) is 0 Å². The lowest BCUT2D eigenvalue weighted by atomic mass is 10.1. The largest absolute Gasteiger partial charge is 0.381 e. The van der Waals surface area contributed by atoms with E-state index >= 15 is 0 Å². The molecule has 1 saturated heterocycles. The molecule has 3 rings (SSSR count). The van der Waals surface area contributed by atoms with Gasteiger partial charge in [0.05, 0.1) is 11.0 Å². The number of piperidine rings is 1. The van der Waals surface area contributed by atoms with Gasteiger partial charge in [-0.25, -0.2) is 4.98 Å². The maximum atomic E-state index is 11.3. The minimum absolute atomic E-state index is 0.0340. The molecule has 1 fully saturated rings. The normalized spacial score (nSPS) is 15.6. The smallest absolute Gasteiger partial charge is 0.295 e. The number of rotatable bonds is 4. The molecule has 23 heavy (non-hydrogen) atoms. The van der Waals surface area contributed by atoms with Gasteiger partial charge in [0.25, 0.3) is 5.69 Å². The molecule has 0 aliphatic carbocycles. The molecule has 0 atom stereocenters. The van der Waals surface area contributed by atoms with Crippen LogP contribution in [0.1, 0.15) is 12.8 Å². The number of hydrogen-bond donors (Lipinski definition) is 0. The molecule has 2 heterocycles. The fourth-order valence-corrected chi connectivity index (χ4v) is 2.89. The molecular weight excluding hydrogens is 294 g/mol. The second-order valence-corrected chi connectivity index (χ2v) is 5.58. The van der Waals surface area contributed by atoms with Crippen molar-refractivity contribution in [3.8, 4) is 11.3 Å². The van der Waals surface area contributed by atoms with Crippen molar-refractivity contribution in [2.45, 2.75) is 18.9 Å². The Bertz CT molecular complexity index is 683. The van der Waals surface area contributed by atoms with Crippen LogP contribution in [-0.4, -0.2) is 36.2 Å². The highest BCUT2D eigenvalue weighted by Crippen LogP contribution is 2.31. The molecule has 120 valence electrons. The molecule has 0 radical (unpaired) electrons. The number of methoxy groups -OCH3 is 1.